The first-order chi connectivity index (χ1) is 16.6. The summed E-state index contributed by atoms with van der Waals surface area (Å²) in [5.41, 5.74) is 1.96. The van der Waals surface area contributed by atoms with Crippen molar-refractivity contribution in [1.29, 1.82) is 0 Å². The molecule has 3 rings (SSSR count). The van der Waals surface area contributed by atoms with E-state index in [0.29, 0.717) is 17.7 Å². The predicted octanol–water partition coefficient (Wildman–Crippen LogP) is 4.10. The van der Waals surface area contributed by atoms with Crippen LogP contribution in [-0.2, 0) is 16.6 Å². The van der Waals surface area contributed by atoms with Crippen LogP contribution >= 0.6 is 0 Å². The van der Waals surface area contributed by atoms with Crippen molar-refractivity contribution in [2.75, 3.05) is 24.2 Å². The first-order valence-corrected chi connectivity index (χ1v) is 12.7. The highest BCUT2D eigenvalue weighted by atomic mass is 32.2. The summed E-state index contributed by atoms with van der Waals surface area (Å²) in [6.45, 7) is 2.41. The van der Waals surface area contributed by atoms with Crippen molar-refractivity contribution in [3.05, 3.63) is 99.6 Å². The molecule has 0 aliphatic heterocycles. The molecule has 184 valence electrons. The molecule has 10 heteroatoms. The average Bonchev–Trinajstić information content (AvgIpc) is 2.85. The van der Waals surface area contributed by atoms with Gasteiger partial charge in [0.05, 0.1) is 24.8 Å². The number of nitrogens with zero attached hydrogens (tertiary/aromatic N) is 2. The summed E-state index contributed by atoms with van der Waals surface area (Å²) in [7, 11) is -2.45. The standard InChI is InChI=1S/C25H27N3O6S/c1-18(20-7-5-4-6-8-20)16-26-25(29)21-11-9-19(10-12-21)17-27(35(3,32)33)23-15-22(28(30)31)13-14-24(23)34-2/h4-15,18H,16-17H2,1-3H3,(H,26,29)/t18-/m1/s1. The van der Waals surface area contributed by atoms with Crippen LogP contribution < -0.4 is 14.4 Å². The molecule has 0 bridgehead atoms. The Balaban J connectivity index is 1.76. The molecule has 0 aliphatic carbocycles. The van der Waals surface area contributed by atoms with Crippen LogP contribution in [0.4, 0.5) is 11.4 Å². The number of benzene rings is 3. The number of sulfonamides is 1. The zero-order valence-electron chi connectivity index (χ0n) is 19.7. The minimum atomic E-state index is -3.81. The molecule has 0 radical (unpaired) electrons. The molecule has 0 heterocycles. The van der Waals surface area contributed by atoms with Gasteiger partial charge in [0.15, 0.2) is 0 Å². The van der Waals surface area contributed by atoms with Gasteiger partial charge in [-0.1, -0.05) is 49.4 Å². The van der Waals surface area contributed by atoms with E-state index in [-0.39, 0.29) is 35.5 Å². The van der Waals surface area contributed by atoms with Crippen molar-refractivity contribution in [1.82, 2.24) is 5.32 Å². The van der Waals surface area contributed by atoms with E-state index in [1.807, 2.05) is 37.3 Å². The summed E-state index contributed by atoms with van der Waals surface area (Å²) in [5, 5.41) is 14.1. The molecule has 0 unspecified atom stereocenters. The van der Waals surface area contributed by atoms with Crippen LogP contribution in [0.2, 0.25) is 0 Å². The second-order valence-electron chi connectivity index (χ2n) is 8.10. The van der Waals surface area contributed by atoms with Crippen molar-refractivity contribution >= 4 is 27.3 Å². The Labute approximate surface area is 204 Å². The highest BCUT2D eigenvalue weighted by Gasteiger charge is 2.24. The molecular weight excluding hydrogens is 470 g/mol. The molecule has 0 fully saturated rings. The highest BCUT2D eigenvalue weighted by molar-refractivity contribution is 7.92. The van der Waals surface area contributed by atoms with Crippen LogP contribution in [0.15, 0.2) is 72.8 Å². The molecule has 3 aromatic rings. The topological polar surface area (TPSA) is 119 Å². The van der Waals surface area contributed by atoms with Gasteiger partial charge in [-0.25, -0.2) is 8.42 Å². The van der Waals surface area contributed by atoms with Crippen molar-refractivity contribution in [2.24, 2.45) is 0 Å². The molecule has 0 saturated heterocycles. The molecular formula is C25H27N3O6S. The number of methoxy groups -OCH3 is 1. The maximum absolute atomic E-state index is 12.6. The number of carbonyl (C=O) groups is 1. The monoisotopic (exact) mass is 497 g/mol. The van der Waals surface area contributed by atoms with Crippen LogP contribution in [0.3, 0.4) is 0 Å². The molecule has 0 spiro atoms. The first-order valence-electron chi connectivity index (χ1n) is 10.8. The normalized spacial score (nSPS) is 12.0. The van der Waals surface area contributed by atoms with Gasteiger partial charge in [0.1, 0.15) is 11.4 Å². The van der Waals surface area contributed by atoms with Gasteiger partial charge in [0, 0.05) is 24.2 Å². The summed E-state index contributed by atoms with van der Waals surface area (Å²) in [5.74, 6) is 0.0943. The SMILES string of the molecule is COc1ccc([N+](=O)[O-])cc1N(Cc1ccc(C(=O)NC[C@@H](C)c2ccccc2)cc1)S(C)(=O)=O. The molecule has 0 aliphatic rings. The number of rotatable bonds is 10. The zero-order chi connectivity index (χ0) is 25.6. The Kier molecular flexibility index (Phi) is 8.08. The van der Waals surface area contributed by atoms with E-state index >= 15 is 0 Å². The minimum absolute atomic E-state index is 0.0564. The van der Waals surface area contributed by atoms with Gasteiger partial charge in [-0.3, -0.25) is 19.2 Å². The number of carbonyl (C=O) groups excluding carboxylic acids is 1. The number of anilines is 1. The van der Waals surface area contributed by atoms with E-state index in [9.17, 15) is 23.3 Å². The molecule has 1 atom stereocenters. The fraction of sp³-hybridized carbons (Fsp3) is 0.240. The van der Waals surface area contributed by atoms with Crippen LogP contribution in [-0.4, -0.2) is 39.2 Å². The second-order valence-corrected chi connectivity index (χ2v) is 10.0. The van der Waals surface area contributed by atoms with Gasteiger partial charge in [0.25, 0.3) is 11.6 Å². The summed E-state index contributed by atoms with van der Waals surface area (Å²) >= 11 is 0. The van der Waals surface area contributed by atoms with E-state index in [1.54, 1.807) is 24.3 Å². The number of nitro benzene ring substituents is 1. The lowest BCUT2D eigenvalue weighted by molar-refractivity contribution is -0.384. The number of hydrogen-bond acceptors (Lipinski definition) is 6. The number of nitrogens with one attached hydrogen (secondary N) is 1. The average molecular weight is 498 g/mol. The lowest BCUT2D eigenvalue weighted by Crippen LogP contribution is -2.30. The molecule has 0 aromatic heterocycles. The van der Waals surface area contributed by atoms with Crippen LogP contribution in [0.5, 0.6) is 5.75 Å². The number of nitro groups is 1. The summed E-state index contributed by atoms with van der Waals surface area (Å²) in [4.78, 5) is 23.2. The Bertz CT molecular complexity index is 1290. The van der Waals surface area contributed by atoms with E-state index in [4.69, 9.17) is 4.74 Å². The van der Waals surface area contributed by atoms with E-state index in [0.717, 1.165) is 22.2 Å². The van der Waals surface area contributed by atoms with Gasteiger partial charge in [-0.05, 0) is 35.2 Å². The third-order valence-electron chi connectivity index (χ3n) is 5.52. The lowest BCUT2D eigenvalue weighted by Gasteiger charge is -2.24. The van der Waals surface area contributed by atoms with Gasteiger partial charge in [-0.2, -0.15) is 0 Å². The van der Waals surface area contributed by atoms with Crippen LogP contribution in [0.25, 0.3) is 0 Å². The van der Waals surface area contributed by atoms with Gasteiger partial charge in [-0.15, -0.1) is 0 Å². The molecule has 9 nitrogen and oxygen atoms in total. The maximum Gasteiger partial charge on any atom is 0.271 e. The Morgan fingerprint density at radius 1 is 1.09 bits per heavy atom. The minimum Gasteiger partial charge on any atom is -0.495 e. The molecule has 3 aromatic carbocycles. The number of amides is 1. The van der Waals surface area contributed by atoms with Crippen molar-refractivity contribution in [3.8, 4) is 5.75 Å². The van der Waals surface area contributed by atoms with Gasteiger partial charge < -0.3 is 10.1 Å². The summed E-state index contributed by atoms with van der Waals surface area (Å²) < 4.78 is 31.4. The Morgan fingerprint density at radius 3 is 2.31 bits per heavy atom. The fourth-order valence-electron chi connectivity index (χ4n) is 3.54. The van der Waals surface area contributed by atoms with E-state index in [2.05, 4.69) is 5.32 Å². The maximum atomic E-state index is 12.6. The number of hydrogen-bond donors (Lipinski definition) is 1. The van der Waals surface area contributed by atoms with Crippen molar-refractivity contribution in [3.63, 3.8) is 0 Å². The molecule has 35 heavy (non-hydrogen) atoms. The third-order valence-corrected chi connectivity index (χ3v) is 6.65. The summed E-state index contributed by atoms with van der Waals surface area (Å²) in [6, 6.07) is 20.2. The highest BCUT2D eigenvalue weighted by Crippen LogP contribution is 2.34. The molecule has 1 amide bonds. The van der Waals surface area contributed by atoms with Gasteiger partial charge >= 0.3 is 0 Å². The summed E-state index contributed by atoms with van der Waals surface area (Å²) in [6.07, 6.45) is 1.01. The first kappa shape index (κ1) is 25.7. The van der Waals surface area contributed by atoms with Crippen LogP contribution in [0.1, 0.15) is 34.3 Å². The third kappa shape index (κ3) is 6.57. The zero-order valence-corrected chi connectivity index (χ0v) is 20.5. The number of ether oxygens (including phenoxy) is 1. The largest absolute Gasteiger partial charge is 0.495 e. The lowest BCUT2D eigenvalue weighted by atomic mass is 10.0. The predicted molar refractivity (Wildman–Crippen MR) is 134 cm³/mol. The van der Waals surface area contributed by atoms with Crippen molar-refractivity contribution in [2.45, 2.75) is 19.4 Å². The van der Waals surface area contributed by atoms with Crippen LogP contribution in [0, 0.1) is 10.1 Å². The molecule has 0 saturated carbocycles. The second kappa shape index (κ2) is 11.0. The quantitative estimate of drug-likeness (QED) is 0.333. The van der Waals surface area contributed by atoms with E-state index in [1.165, 1.54) is 19.2 Å². The Morgan fingerprint density at radius 2 is 1.74 bits per heavy atom. The van der Waals surface area contributed by atoms with Crippen molar-refractivity contribution < 1.29 is 22.9 Å². The van der Waals surface area contributed by atoms with Gasteiger partial charge in [0.2, 0.25) is 10.0 Å². The smallest absolute Gasteiger partial charge is 0.271 e. The molecule has 1 N–H and O–H groups in total. The fourth-order valence-corrected chi connectivity index (χ4v) is 4.43. The van der Waals surface area contributed by atoms with E-state index < -0.39 is 14.9 Å². The Hall–Kier alpha value is -3.92. The number of non-ortho nitro benzene ring substituents is 1.